The van der Waals surface area contributed by atoms with Gasteiger partial charge in [0.05, 0.1) is 11.3 Å². The van der Waals surface area contributed by atoms with Crippen molar-refractivity contribution in [1.29, 1.82) is 0 Å². The maximum absolute atomic E-state index is 9.92. The Hall–Kier alpha value is -0.940. The van der Waals surface area contributed by atoms with Crippen LogP contribution in [-0.4, -0.2) is 34.2 Å². The summed E-state index contributed by atoms with van der Waals surface area (Å²) in [5.41, 5.74) is 5.69. The molecule has 0 aliphatic carbocycles. The van der Waals surface area contributed by atoms with E-state index in [1.165, 1.54) is 0 Å². The fourth-order valence-electron chi connectivity index (χ4n) is 1.21. The second-order valence-electron chi connectivity index (χ2n) is 3.72. The van der Waals surface area contributed by atoms with Gasteiger partial charge in [0.2, 0.25) is 0 Å². The first-order valence-corrected chi connectivity index (χ1v) is 6.10. The molecule has 0 aliphatic heterocycles. The Labute approximate surface area is 94.3 Å². The standard InChI is InChI=1S/C10H17N3OS/c1-10(14,7-15-2)6-13-8-4-3-5-12-9(8)11/h3-5,13-14H,6-7H2,1-2H3,(H2,11,12). The van der Waals surface area contributed by atoms with Gasteiger partial charge in [-0.3, -0.25) is 0 Å². The van der Waals surface area contributed by atoms with Crippen molar-refractivity contribution < 1.29 is 5.11 Å². The Morgan fingerprint density at radius 2 is 2.40 bits per heavy atom. The highest BCUT2D eigenvalue weighted by atomic mass is 32.2. The summed E-state index contributed by atoms with van der Waals surface area (Å²) in [6.07, 6.45) is 3.60. The Balaban J connectivity index is 2.53. The summed E-state index contributed by atoms with van der Waals surface area (Å²) in [7, 11) is 0. The number of nitrogens with one attached hydrogen (secondary N) is 1. The number of nitrogens with two attached hydrogens (primary N) is 1. The van der Waals surface area contributed by atoms with Gasteiger partial charge in [0.25, 0.3) is 0 Å². The number of thioether (sulfide) groups is 1. The molecule has 0 radical (unpaired) electrons. The van der Waals surface area contributed by atoms with E-state index in [0.29, 0.717) is 18.1 Å². The lowest BCUT2D eigenvalue weighted by molar-refractivity contribution is 0.0997. The van der Waals surface area contributed by atoms with E-state index >= 15 is 0 Å². The van der Waals surface area contributed by atoms with Crippen LogP contribution in [0.4, 0.5) is 11.5 Å². The summed E-state index contributed by atoms with van der Waals surface area (Å²) >= 11 is 1.61. The van der Waals surface area contributed by atoms with E-state index in [1.807, 2.05) is 18.4 Å². The number of hydrogen-bond acceptors (Lipinski definition) is 5. The largest absolute Gasteiger partial charge is 0.387 e. The summed E-state index contributed by atoms with van der Waals surface area (Å²) in [5.74, 6) is 1.14. The van der Waals surface area contributed by atoms with Crippen LogP contribution in [-0.2, 0) is 0 Å². The first-order chi connectivity index (χ1) is 7.05. The molecule has 1 atom stereocenters. The van der Waals surface area contributed by atoms with E-state index in [2.05, 4.69) is 10.3 Å². The van der Waals surface area contributed by atoms with E-state index in [-0.39, 0.29) is 0 Å². The van der Waals surface area contributed by atoms with Gasteiger partial charge in [-0.15, -0.1) is 0 Å². The van der Waals surface area contributed by atoms with Crippen molar-refractivity contribution in [3.05, 3.63) is 18.3 Å². The van der Waals surface area contributed by atoms with Crippen LogP contribution >= 0.6 is 11.8 Å². The summed E-state index contributed by atoms with van der Waals surface area (Å²) in [5, 5.41) is 13.0. The van der Waals surface area contributed by atoms with Gasteiger partial charge < -0.3 is 16.2 Å². The summed E-state index contributed by atoms with van der Waals surface area (Å²) < 4.78 is 0. The second kappa shape index (κ2) is 5.23. The van der Waals surface area contributed by atoms with Crippen LogP contribution in [0.5, 0.6) is 0 Å². The van der Waals surface area contributed by atoms with Crippen molar-refractivity contribution in [2.75, 3.05) is 29.6 Å². The molecule has 0 aliphatic rings. The van der Waals surface area contributed by atoms with E-state index < -0.39 is 5.60 Å². The number of aliphatic hydroxyl groups is 1. The van der Waals surface area contributed by atoms with E-state index in [9.17, 15) is 5.11 Å². The van der Waals surface area contributed by atoms with E-state index in [1.54, 1.807) is 24.9 Å². The molecule has 5 heteroatoms. The maximum atomic E-state index is 9.92. The van der Waals surface area contributed by atoms with Gasteiger partial charge in [0.15, 0.2) is 0 Å². The smallest absolute Gasteiger partial charge is 0.146 e. The van der Waals surface area contributed by atoms with Crippen molar-refractivity contribution >= 4 is 23.3 Å². The molecule has 1 unspecified atom stereocenters. The SMILES string of the molecule is CSCC(C)(O)CNc1cccnc1N. The van der Waals surface area contributed by atoms with Crippen LogP contribution < -0.4 is 11.1 Å². The van der Waals surface area contributed by atoms with Gasteiger partial charge in [0.1, 0.15) is 5.82 Å². The summed E-state index contributed by atoms with van der Waals surface area (Å²) in [6, 6.07) is 3.65. The molecule has 1 rings (SSSR count). The zero-order chi connectivity index (χ0) is 11.3. The summed E-state index contributed by atoms with van der Waals surface area (Å²) in [4.78, 5) is 3.95. The average Bonchev–Trinajstić information content (AvgIpc) is 2.16. The Bertz CT molecular complexity index is 317. The van der Waals surface area contributed by atoms with Crippen LogP contribution in [0.1, 0.15) is 6.92 Å². The van der Waals surface area contributed by atoms with Crippen molar-refractivity contribution in [2.24, 2.45) is 0 Å². The lowest BCUT2D eigenvalue weighted by Crippen LogP contribution is -2.36. The fourth-order valence-corrected chi connectivity index (χ4v) is 1.94. The van der Waals surface area contributed by atoms with Crippen molar-refractivity contribution in [3.63, 3.8) is 0 Å². The van der Waals surface area contributed by atoms with Gasteiger partial charge in [-0.05, 0) is 25.3 Å². The molecule has 0 fully saturated rings. The van der Waals surface area contributed by atoms with Crippen LogP contribution in [0.15, 0.2) is 18.3 Å². The zero-order valence-corrected chi connectivity index (χ0v) is 9.84. The molecule has 0 bridgehead atoms. The van der Waals surface area contributed by atoms with Crippen LogP contribution in [0.3, 0.4) is 0 Å². The maximum Gasteiger partial charge on any atom is 0.146 e. The molecular weight excluding hydrogens is 210 g/mol. The topological polar surface area (TPSA) is 71.2 Å². The number of pyridine rings is 1. The monoisotopic (exact) mass is 227 g/mol. The Morgan fingerprint density at radius 3 is 3.00 bits per heavy atom. The molecule has 1 heterocycles. The number of nitrogen functional groups attached to an aromatic ring is 1. The molecule has 15 heavy (non-hydrogen) atoms. The van der Waals surface area contributed by atoms with Crippen molar-refractivity contribution in [1.82, 2.24) is 4.98 Å². The second-order valence-corrected chi connectivity index (χ2v) is 4.59. The van der Waals surface area contributed by atoms with Gasteiger partial charge in [0, 0.05) is 18.5 Å². The number of aromatic nitrogens is 1. The number of anilines is 2. The molecule has 0 saturated carbocycles. The molecule has 0 saturated heterocycles. The minimum atomic E-state index is -0.734. The zero-order valence-electron chi connectivity index (χ0n) is 9.03. The highest BCUT2D eigenvalue weighted by Gasteiger charge is 2.19. The number of rotatable bonds is 5. The number of hydrogen-bond donors (Lipinski definition) is 3. The van der Waals surface area contributed by atoms with Gasteiger partial charge in [-0.25, -0.2) is 4.98 Å². The predicted molar refractivity (Wildman–Crippen MR) is 66.1 cm³/mol. The molecule has 4 N–H and O–H groups in total. The molecule has 0 spiro atoms. The quantitative estimate of drug-likeness (QED) is 0.705. The van der Waals surface area contributed by atoms with Gasteiger partial charge in [-0.1, -0.05) is 0 Å². The number of nitrogens with zero attached hydrogens (tertiary/aromatic N) is 1. The van der Waals surface area contributed by atoms with Gasteiger partial charge >= 0.3 is 0 Å². The lowest BCUT2D eigenvalue weighted by atomic mass is 10.1. The fraction of sp³-hybridized carbons (Fsp3) is 0.500. The first kappa shape index (κ1) is 12.1. The van der Waals surface area contributed by atoms with Crippen LogP contribution in [0.25, 0.3) is 0 Å². The minimum Gasteiger partial charge on any atom is -0.387 e. The molecule has 1 aromatic heterocycles. The first-order valence-electron chi connectivity index (χ1n) is 4.71. The van der Waals surface area contributed by atoms with E-state index in [0.717, 1.165) is 5.69 Å². The van der Waals surface area contributed by atoms with Gasteiger partial charge in [-0.2, -0.15) is 11.8 Å². The lowest BCUT2D eigenvalue weighted by Gasteiger charge is -2.23. The molecule has 1 aromatic rings. The van der Waals surface area contributed by atoms with E-state index in [4.69, 9.17) is 5.73 Å². The van der Waals surface area contributed by atoms with Crippen LogP contribution in [0, 0.1) is 0 Å². The summed E-state index contributed by atoms with van der Waals surface area (Å²) in [6.45, 7) is 2.26. The highest BCUT2D eigenvalue weighted by Crippen LogP contribution is 2.16. The Morgan fingerprint density at radius 1 is 1.67 bits per heavy atom. The predicted octanol–water partition coefficient (Wildman–Crippen LogP) is 1.19. The minimum absolute atomic E-state index is 0.456. The third kappa shape index (κ3) is 3.97. The third-order valence-electron chi connectivity index (χ3n) is 1.95. The van der Waals surface area contributed by atoms with Crippen molar-refractivity contribution in [2.45, 2.75) is 12.5 Å². The molecule has 4 nitrogen and oxygen atoms in total. The normalized spacial score (nSPS) is 14.6. The van der Waals surface area contributed by atoms with Crippen LogP contribution in [0.2, 0.25) is 0 Å². The molecule has 0 aromatic carbocycles. The van der Waals surface area contributed by atoms with Crippen molar-refractivity contribution in [3.8, 4) is 0 Å². The molecule has 0 amide bonds. The molecular formula is C10H17N3OS. The Kier molecular flexibility index (Phi) is 4.23. The third-order valence-corrected chi connectivity index (χ3v) is 2.86. The molecule has 84 valence electrons. The average molecular weight is 227 g/mol. The highest BCUT2D eigenvalue weighted by molar-refractivity contribution is 7.98.